The van der Waals surface area contributed by atoms with Crippen molar-refractivity contribution in [3.63, 3.8) is 0 Å². The Bertz CT molecular complexity index is 1800. The van der Waals surface area contributed by atoms with Gasteiger partial charge in [-0.15, -0.1) is 0 Å². The number of aromatic nitrogens is 6. The Morgan fingerprint density at radius 1 is 0.976 bits per heavy atom. The fraction of sp³-hybridized carbons (Fsp3) is 0.241. The summed E-state index contributed by atoms with van der Waals surface area (Å²) in [5.41, 5.74) is 2.56. The molecule has 0 radical (unpaired) electrons. The molecule has 0 aliphatic rings. The van der Waals surface area contributed by atoms with Crippen molar-refractivity contribution < 1.29 is 9.18 Å². The molecule has 2 amide bonds. The van der Waals surface area contributed by atoms with Crippen molar-refractivity contribution in [1.29, 1.82) is 0 Å². The number of amides is 2. The minimum atomic E-state index is -0.666. The van der Waals surface area contributed by atoms with Crippen molar-refractivity contribution in [2.75, 3.05) is 23.0 Å². The van der Waals surface area contributed by atoms with Gasteiger partial charge in [-0.05, 0) is 63.6 Å². The zero-order chi connectivity index (χ0) is 29.3. The first-order chi connectivity index (χ1) is 19.7. The van der Waals surface area contributed by atoms with Gasteiger partial charge in [-0.1, -0.05) is 6.07 Å². The molecule has 0 bridgehead atoms. The normalized spacial score (nSPS) is 11.3. The Morgan fingerprint density at radius 2 is 1.76 bits per heavy atom. The molecule has 0 aliphatic heterocycles. The number of halogens is 1. The van der Waals surface area contributed by atoms with Crippen LogP contribution >= 0.6 is 0 Å². The van der Waals surface area contributed by atoms with Gasteiger partial charge in [0.1, 0.15) is 17.2 Å². The third kappa shape index (κ3) is 5.49. The first-order valence-corrected chi connectivity index (χ1v) is 13.1. The van der Waals surface area contributed by atoms with Crippen LogP contribution in [0, 0.1) is 5.82 Å². The number of anilines is 3. The zero-order valence-electron chi connectivity index (χ0n) is 23.3. The van der Waals surface area contributed by atoms with Gasteiger partial charge < -0.3 is 16.0 Å². The van der Waals surface area contributed by atoms with Crippen molar-refractivity contribution in [3.8, 4) is 22.4 Å². The molecule has 0 spiro atoms. The van der Waals surface area contributed by atoms with Crippen LogP contribution in [0.25, 0.3) is 33.4 Å². The van der Waals surface area contributed by atoms with Gasteiger partial charge in [-0.3, -0.25) is 19.0 Å². The Kier molecular flexibility index (Phi) is 7.47. The summed E-state index contributed by atoms with van der Waals surface area (Å²) in [6, 6.07) is 8.62. The standard InChI is InChI=1S/C29H30FN9O2/c1-16(2)38-15-24(25(37-38)19-7-6-10-32-13-19)35-29(41)34-23-12-18(8-9-22(23)30)21-11-20-14-33-28(31-5)36-26(20)39(17(3)4)27(21)40/h6-17H,1-5H3,(H,31,33,36)(H2,34,35,41). The summed E-state index contributed by atoms with van der Waals surface area (Å²) < 4.78 is 18.2. The van der Waals surface area contributed by atoms with Gasteiger partial charge in [0.05, 0.1) is 11.4 Å². The Labute approximate surface area is 235 Å². The fourth-order valence-electron chi connectivity index (χ4n) is 4.45. The molecular weight excluding hydrogens is 525 g/mol. The lowest BCUT2D eigenvalue weighted by atomic mass is 10.0. The molecule has 4 aromatic heterocycles. The maximum absolute atomic E-state index is 14.9. The van der Waals surface area contributed by atoms with Crippen molar-refractivity contribution >= 4 is 34.4 Å². The number of fused-ring (bicyclic) bond motifs is 1. The van der Waals surface area contributed by atoms with E-state index >= 15 is 0 Å². The van der Waals surface area contributed by atoms with Crippen molar-refractivity contribution in [2.24, 2.45) is 0 Å². The van der Waals surface area contributed by atoms with Gasteiger partial charge in [-0.2, -0.15) is 10.1 Å². The molecule has 4 heterocycles. The van der Waals surface area contributed by atoms with Crippen LogP contribution in [-0.4, -0.2) is 42.4 Å². The maximum Gasteiger partial charge on any atom is 0.323 e. The Hall–Kier alpha value is -5.13. The molecule has 1 aromatic carbocycles. The largest absolute Gasteiger partial charge is 0.357 e. The van der Waals surface area contributed by atoms with Gasteiger partial charge in [-0.25, -0.2) is 14.2 Å². The van der Waals surface area contributed by atoms with Crippen LogP contribution in [0.1, 0.15) is 39.8 Å². The topological polar surface area (TPSA) is 132 Å². The van der Waals surface area contributed by atoms with Crippen molar-refractivity contribution in [1.82, 2.24) is 29.3 Å². The highest BCUT2D eigenvalue weighted by Gasteiger charge is 2.19. The van der Waals surface area contributed by atoms with E-state index in [9.17, 15) is 14.0 Å². The van der Waals surface area contributed by atoms with Crippen LogP contribution in [0.5, 0.6) is 0 Å². The number of benzene rings is 1. The van der Waals surface area contributed by atoms with Crippen LogP contribution in [0.4, 0.5) is 26.5 Å². The molecule has 0 unspecified atom stereocenters. The van der Waals surface area contributed by atoms with Gasteiger partial charge >= 0.3 is 6.03 Å². The highest BCUT2D eigenvalue weighted by Crippen LogP contribution is 2.29. The lowest BCUT2D eigenvalue weighted by molar-refractivity contribution is 0.262. The number of hydrogen-bond acceptors (Lipinski definition) is 7. The molecule has 0 saturated heterocycles. The fourth-order valence-corrected chi connectivity index (χ4v) is 4.45. The van der Waals surface area contributed by atoms with E-state index in [2.05, 4.69) is 36.0 Å². The highest BCUT2D eigenvalue weighted by molar-refractivity contribution is 6.02. The highest BCUT2D eigenvalue weighted by atomic mass is 19.1. The summed E-state index contributed by atoms with van der Waals surface area (Å²) >= 11 is 0. The van der Waals surface area contributed by atoms with E-state index in [1.807, 2.05) is 33.8 Å². The van der Waals surface area contributed by atoms with E-state index in [4.69, 9.17) is 0 Å². The van der Waals surface area contributed by atoms with Crippen LogP contribution < -0.4 is 21.5 Å². The molecule has 41 heavy (non-hydrogen) atoms. The molecule has 12 heteroatoms. The molecule has 5 rings (SSSR count). The summed E-state index contributed by atoms with van der Waals surface area (Å²) in [6.07, 6.45) is 6.64. The predicted molar refractivity (Wildman–Crippen MR) is 158 cm³/mol. The number of carbonyl (C=O) groups is 1. The van der Waals surface area contributed by atoms with Gasteiger partial charge in [0.15, 0.2) is 0 Å². The summed E-state index contributed by atoms with van der Waals surface area (Å²) in [4.78, 5) is 39.5. The smallest absolute Gasteiger partial charge is 0.323 e. The predicted octanol–water partition coefficient (Wildman–Crippen LogP) is 5.70. The van der Waals surface area contributed by atoms with E-state index in [0.29, 0.717) is 39.5 Å². The van der Waals surface area contributed by atoms with E-state index in [1.54, 1.807) is 53.2 Å². The van der Waals surface area contributed by atoms with Gasteiger partial charge in [0.25, 0.3) is 5.56 Å². The first-order valence-electron chi connectivity index (χ1n) is 13.1. The third-order valence-corrected chi connectivity index (χ3v) is 6.48. The lowest BCUT2D eigenvalue weighted by Crippen LogP contribution is -2.25. The number of nitrogens with zero attached hydrogens (tertiary/aromatic N) is 6. The van der Waals surface area contributed by atoms with E-state index in [-0.39, 0.29) is 23.3 Å². The molecule has 11 nitrogen and oxygen atoms in total. The molecule has 3 N–H and O–H groups in total. The minimum absolute atomic E-state index is 0.0465. The average Bonchev–Trinajstić information content (AvgIpc) is 3.38. The SMILES string of the molecule is CNc1ncc2cc(-c3ccc(F)c(NC(=O)Nc4cn(C(C)C)nc4-c4cccnc4)c3)c(=O)n(C(C)C)c2n1. The average molecular weight is 556 g/mol. The molecule has 0 fully saturated rings. The number of hydrogen-bond donors (Lipinski definition) is 3. The Balaban J connectivity index is 1.49. The van der Waals surface area contributed by atoms with Crippen LogP contribution in [-0.2, 0) is 0 Å². The molecular formula is C29H30FN9O2. The van der Waals surface area contributed by atoms with Crippen LogP contribution in [0.15, 0.2) is 66.0 Å². The lowest BCUT2D eigenvalue weighted by Gasteiger charge is -2.16. The second-order valence-corrected chi connectivity index (χ2v) is 10.0. The monoisotopic (exact) mass is 555 g/mol. The van der Waals surface area contributed by atoms with Crippen molar-refractivity contribution in [3.05, 3.63) is 77.4 Å². The molecule has 0 aliphatic carbocycles. The maximum atomic E-state index is 14.9. The quantitative estimate of drug-likeness (QED) is 0.235. The molecule has 0 saturated carbocycles. The second kappa shape index (κ2) is 11.2. The van der Waals surface area contributed by atoms with E-state index in [0.717, 1.165) is 5.56 Å². The van der Waals surface area contributed by atoms with Gasteiger partial charge in [0, 0.05) is 60.4 Å². The number of rotatable bonds is 7. The second-order valence-electron chi connectivity index (χ2n) is 10.0. The number of pyridine rings is 2. The summed E-state index contributed by atoms with van der Waals surface area (Å²) in [5, 5.41) is 13.5. The number of nitrogens with one attached hydrogen (secondary N) is 3. The van der Waals surface area contributed by atoms with Gasteiger partial charge in [0.2, 0.25) is 5.95 Å². The summed E-state index contributed by atoms with van der Waals surface area (Å²) in [5.74, 6) is -0.259. The van der Waals surface area contributed by atoms with Crippen LogP contribution in [0.3, 0.4) is 0 Å². The van der Waals surface area contributed by atoms with Crippen LogP contribution in [0.2, 0.25) is 0 Å². The molecule has 5 aromatic rings. The molecule has 0 atom stereocenters. The first kappa shape index (κ1) is 27.4. The van der Waals surface area contributed by atoms with Crippen molar-refractivity contribution in [2.45, 2.75) is 39.8 Å². The number of carbonyl (C=O) groups excluding carboxylic acids is 1. The summed E-state index contributed by atoms with van der Waals surface area (Å²) in [6.45, 7) is 7.71. The Morgan fingerprint density at radius 3 is 2.44 bits per heavy atom. The minimum Gasteiger partial charge on any atom is -0.357 e. The molecule has 210 valence electrons. The van der Waals surface area contributed by atoms with E-state index in [1.165, 1.54) is 18.2 Å². The number of urea groups is 1. The van der Waals surface area contributed by atoms with E-state index < -0.39 is 11.8 Å². The third-order valence-electron chi connectivity index (χ3n) is 6.48. The zero-order valence-corrected chi connectivity index (χ0v) is 23.3. The summed E-state index contributed by atoms with van der Waals surface area (Å²) in [7, 11) is 1.70.